The largest absolute Gasteiger partial charge is 0.335 e. The molecular formula is C23H27F2N7O. The Bertz CT molecular complexity index is 1180. The van der Waals surface area contributed by atoms with E-state index in [1.807, 2.05) is 4.90 Å². The van der Waals surface area contributed by atoms with Gasteiger partial charge in [0.25, 0.3) is 0 Å². The summed E-state index contributed by atoms with van der Waals surface area (Å²) in [5, 5.41) is 8.03. The van der Waals surface area contributed by atoms with E-state index < -0.39 is 11.6 Å². The Hall–Kier alpha value is -3.17. The summed E-state index contributed by atoms with van der Waals surface area (Å²) in [6.07, 6.45) is 8.52. The highest BCUT2D eigenvalue weighted by Crippen LogP contribution is 2.30. The summed E-state index contributed by atoms with van der Waals surface area (Å²) >= 11 is 0. The first-order chi connectivity index (χ1) is 16.0. The molecule has 4 heterocycles. The minimum atomic E-state index is -0.483. The lowest BCUT2D eigenvalue weighted by Crippen LogP contribution is -2.45. The first kappa shape index (κ1) is 21.7. The van der Waals surface area contributed by atoms with E-state index in [4.69, 9.17) is 0 Å². The molecule has 1 saturated heterocycles. The van der Waals surface area contributed by atoms with E-state index >= 15 is 0 Å². The van der Waals surface area contributed by atoms with E-state index in [0.717, 1.165) is 64.0 Å². The molecule has 5 rings (SSSR count). The third-order valence-electron chi connectivity index (χ3n) is 6.66. The van der Waals surface area contributed by atoms with Crippen molar-refractivity contribution in [2.24, 2.45) is 13.0 Å². The van der Waals surface area contributed by atoms with Crippen molar-refractivity contribution in [1.82, 2.24) is 34.9 Å². The second kappa shape index (κ2) is 8.99. The Morgan fingerprint density at radius 2 is 1.97 bits per heavy atom. The Morgan fingerprint density at radius 3 is 2.79 bits per heavy atom. The molecule has 1 N–H and O–H groups in total. The fourth-order valence-corrected chi connectivity index (χ4v) is 5.01. The summed E-state index contributed by atoms with van der Waals surface area (Å²) in [4.78, 5) is 27.0. The predicted molar refractivity (Wildman–Crippen MR) is 118 cm³/mol. The maximum atomic E-state index is 14.6. The standard InChI is InChI=1S/C23H27F2N7O/c1-31-22-17(11-15(24)12-27-22)20(30-31)21-26-13-18(25)19(29-21)10-14-5-4-6-16(9-14)28-23(33)32-7-2-3-8-32/h11-14,16H,2-10H2,1H3,(H,28,33)/t14?,16-/m1/s1. The number of carbonyl (C=O) groups excluding carboxylic acids is 1. The molecule has 33 heavy (non-hydrogen) atoms. The summed E-state index contributed by atoms with van der Waals surface area (Å²) in [7, 11) is 1.71. The van der Waals surface area contributed by atoms with E-state index in [2.05, 4.69) is 25.4 Å². The number of aromatic nitrogens is 5. The number of rotatable bonds is 4. The lowest BCUT2D eigenvalue weighted by atomic mass is 9.83. The van der Waals surface area contributed by atoms with Crippen molar-refractivity contribution >= 4 is 17.1 Å². The van der Waals surface area contributed by atoms with Gasteiger partial charge in [0, 0.05) is 26.2 Å². The smallest absolute Gasteiger partial charge is 0.317 e. The zero-order valence-electron chi connectivity index (χ0n) is 18.6. The molecule has 3 aromatic heterocycles. The second-order valence-corrected chi connectivity index (χ2v) is 9.06. The van der Waals surface area contributed by atoms with Crippen LogP contribution < -0.4 is 5.32 Å². The van der Waals surface area contributed by atoms with Crippen LogP contribution in [0.4, 0.5) is 13.6 Å². The number of hydrogen-bond acceptors (Lipinski definition) is 5. The Morgan fingerprint density at radius 1 is 1.15 bits per heavy atom. The van der Waals surface area contributed by atoms with Crippen LogP contribution >= 0.6 is 0 Å². The molecule has 2 fully saturated rings. The Kier molecular flexibility index (Phi) is 5.90. The number of nitrogens with one attached hydrogen (secondary N) is 1. The molecule has 2 amide bonds. The van der Waals surface area contributed by atoms with E-state index in [0.29, 0.717) is 28.8 Å². The minimum Gasteiger partial charge on any atom is -0.335 e. The molecule has 8 nitrogen and oxygen atoms in total. The maximum absolute atomic E-state index is 14.6. The molecule has 0 radical (unpaired) electrons. The molecule has 0 spiro atoms. The van der Waals surface area contributed by atoms with Crippen LogP contribution in [0.3, 0.4) is 0 Å². The third kappa shape index (κ3) is 4.51. The van der Waals surface area contributed by atoms with Gasteiger partial charge in [0.2, 0.25) is 0 Å². The Balaban J connectivity index is 1.33. The second-order valence-electron chi connectivity index (χ2n) is 9.06. The summed E-state index contributed by atoms with van der Waals surface area (Å²) in [5.74, 6) is -0.492. The zero-order chi connectivity index (χ0) is 22.9. The average molecular weight is 456 g/mol. The molecule has 1 aliphatic heterocycles. The molecule has 3 aromatic rings. The number of urea groups is 1. The third-order valence-corrected chi connectivity index (χ3v) is 6.66. The van der Waals surface area contributed by atoms with Gasteiger partial charge in [-0.2, -0.15) is 5.10 Å². The molecule has 2 aliphatic rings. The molecule has 1 unspecified atom stereocenters. The number of aryl methyl sites for hydroxylation is 1. The van der Waals surface area contributed by atoms with Crippen molar-refractivity contribution in [3.8, 4) is 11.5 Å². The van der Waals surface area contributed by atoms with Crippen LogP contribution in [0, 0.1) is 17.6 Å². The van der Waals surface area contributed by atoms with Crippen molar-refractivity contribution in [2.45, 2.75) is 51.0 Å². The van der Waals surface area contributed by atoms with Gasteiger partial charge in [-0.05, 0) is 50.5 Å². The molecule has 1 saturated carbocycles. The molecule has 174 valence electrons. The number of fused-ring (bicyclic) bond motifs is 1. The fourth-order valence-electron chi connectivity index (χ4n) is 5.01. The SMILES string of the molecule is Cn1nc(-c2ncc(F)c(CC3CCC[C@@H](NC(=O)N4CCCC4)C3)n2)c2cc(F)cnc21. The van der Waals surface area contributed by atoms with Crippen LogP contribution in [0.25, 0.3) is 22.6 Å². The van der Waals surface area contributed by atoms with Crippen LogP contribution in [-0.4, -0.2) is 54.8 Å². The highest BCUT2D eigenvalue weighted by atomic mass is 19.1. The quantitative estimate of drug-likeness (QED) is 0.649. The number of halogens is 2. The highest BCUT2D eigenvalue weighted by molar-refractivity contribution is 5.89. The summed E-state index contributed by atoms with van der Waals surface area (Å²) in [5.41, 5.74) is 1.20. The van der Waals surface area contributed by atoms with E-state index in [1.165, 1.54) is 10.7 Å². The van der Waals surface area contributed by atoms with Gasteiger partial charge in [0.05, 0.1) is 23.5 Å². The monoisotopic (exact) mass is 455 g/mol. The lowest BCUT2D eigenvalue weighted by Gasteiger charge is -2.31. The van der Waals surface area contributed by atoms with Gasteiger partial charge in [-0.1, -0.05) is 6.42 Å². The first-order valence-corrected chi connectivity index (χ1v) is 11.5. The average Bonchev–Trinajstić information content (AvgIpc) is 3.44. The molecular weight excluding hydrogens is 428 g/mol. The number of nitrogens with zero attached hydrogens (tertiary/aromatic N) is 6. The summed E-state index contributed by atoms with van der Waals surface area (Å²) in [6.45, 7) is 1.64. The number of pyridine rings is 1. The first-order valence-electron chi connectivity index (χ1n) is 11.5. The van der Waals surface area contributed by atoms with Gasteiger partial charge in [-0.25, -0.2) is 33.2 Å². The molecule has 1 aliphatic carbocycles. The topological polar surface area (TPSA) is 88.8 Å². The molecule has 10 heteroatoms. The molecule has 0 aromatic carbocycles. The van der Waals surface area contributed by atoms with Gasteiger partial charge in [-0.15, -0.1) is 0 Å². The van der Waals surface area contributed by atoms with Crippen molar-refractivity contribution in [2.75, 3.05) is 13.1 Å². The highest BCUT2D eigenvalue weighted by Gasteiger charge is 2.27. The van der Waals surface area contributed by atoms with Gasteiger partial charge < -0.3 is 10.2 Å². The summed E-state index contributed by atoms with van der Waals surface area (Å²) in [6, 6.07) is 1.44. The normalized spacial score (nSPS) is 21.0. The van der Waals surface area contributed by atoms with Gasteiger partial charge in [0.1, 0.15) is 11.5 Å². The van der Waals surface area contributed by atoms with Gasteiger partial charge >= 0.3 is 6.03 Å². The van der Waals surface area contributed by atoms with Crippen LogP contribution in [0.1, 0.15) is 44.2 Å². The number of carbonyl (C=O) groups is 1. The lowest BCUT2D eigenvalue weighted by molar-refractivity contribution is 0.195. The molecule has 0 bridgehead atoms. The van der Waals surface area contributed by atoms with Crippen LogP contribution in [-0.2, 0) is 13.5 Å². The van der Waals surface area contributed by atoms with Crippen LogP contribution in [0.15, 0.2) is 18.5 Å². The molecule has 2 atom stereocenters. The van der Waals surface area contributed by atoms with Crippen LogP contribution in [0.2, 0.25) is 0 Å². The zero-order valence-corrected chi connectivity index (χ0v) is 18.6. The van der Waals surface area contributed by atoms with Crippen molar-refractivity contribution in [3.05, 3.63) is 35.8 Å². The minimum absolute atomic E-state index is 0.0107. The van der Waals surface area contributed by atoms with Crippen molar-refractivity contribution in [3.63, 3.8) is 0 Å². The van der Waals surface area contributed by atoms with Crippen LogP contribution in [0.5, 0.6) is 0 Å². The van der Waals surface area contributed by atoms with E-state index in [9.17, 15) is 13.6 Å². The number of likely N-dealkylation sites (tertiary alicyclic amines) is 1. The number of hydrogen-bond donors (Lipinski definition) is 1. The Labute approximate surface area is 190 Å². The van der Waals surface area contributed by atoms with Crippen molar-refractivity contribution in [1.29, 1.82) is 0 Å². The van der Waals surface area contributed by atoms with Gasteiger partial charge in [-0.3, -0.25) is 0 Å². The fraction of sp³-hybridized carbons (Fsp3) is 0.522. The van der Waals surface area contributed by atoms with E-state index in [1.54, 1.807) is 7.05 Å². The maximum Gasteiger partial charge on any atom is 0.317 e. The van der Waals surface area contributed by atoms with Gasteiger partial charge in [0.15, 0.2) is 17.3 Å². The number of amides is 2. The van der Waals surface area contributed by atoms with Crippen molar-refractivity contribution < 1.29 is 13.6 Å². The summed E-state index contributed by atoms with van der Waals surface area (Å²) < 4.78 is 30.0. The predicted octanol–water partition coefficient (Wildman–Crippen LogP) is 3.61. The van der Waals surface area contributed by atoms with E-state index in [-0.39, 0.29) is 23.8 Å².